The highest BCUT2D eigenvalue weighted by Gasteiger charge is 2.45. The van der Waals surface area contributed by atoms with Crippen molar-refractivity contribution >= 4 is 30.5 Å². The van der Waals surface area contributed by atoms with Gasteiger partial charge in [-0.25, -0.2) is 19.5 Å². The third-order valence-electron chi connectivity index (χ3n) is 4.98. The van der Waals surface area contributed by atoms with Crippen molar-refractivity contribution in [1.29, 1.82) is 0 Å². The Morgan fingerprint density at radius 2 is 1.91 bits per heavy atom. The minimum absolute atomic E-state index is 0.0243. The number of rotatable bonds is 8. The molecule has 176 valence electrons. The average Bonchev–Trinajstić information content (AvgIpc) is 3.32. The van der Waals surface area contributed by atoms with E-state index in [1.807, 2.05) is 0 Å². The molecular formula is C17H19N6O9P. The molecule has 5 N–H and O–H groups in total. The lowest BCUT2D eigenvalue weighted by molar-refractivity contribution is -0.384. The van der Waals surface area contributed by atoms with E-state index >= 15 is 0 Å². The number of nitrogens with one attached hydrogen (secondary N) is 1. The molecule has 0 amide bonds. The summed E-state index contributed by atoms with van der Waals surface area (Å²) in [5, 5.41) is 34.4. The molecule has 0 aliphatic carbocycles. The third kappa shape index (κ3) is 4.99. The van der Waals surface area contributed by atoms with Gasteiger partial charge in [0.2, 0.25) is 0 Å². The molecule has 0 spiro atoms. The molecule has 0 bridgehead atoms. The zero-order valence-corrected chi connectivity index (χ0v) is 17.6. The molecule has 0 radical (unpaired) electrons. The fourth-order valence-corrected chi connectivity index (χ4v) is 3.70. The van der Waals surface area contributed by atoms with Gasteiger partial charge in [0.1, 0.15) is 24.6 Å². The summed E-state index contributed by atoms with van der Waals surface area (Å²) in [4.78, 5) is 40.5. The van der Waals surface area contributed by atoms with Gasteiger partial charge in [0.25, 0.3) is 5.69 Å². The van der Waals surface area contributed by atoms with Crippen molar-refractivity contribution in [2.24, 2.45) is 0 Å². The number of nitrogens with zero attached hydrogens (tertiary/aromatic N) is 5. The van der Waals surface area contributed by atoms with E-state index in [1.54, 1.807) is 12.1 Å². The molecule has 1 saturated heterocycles. The Hall–Kier alpha value is -3.04. The number of aromatic nitrogens is 4. The van der Waals surface area contributed by atoms with E-state index in [1.165, 1.54) is 29.4 Å². The summed E-state index contributed by atoms with van der Waals surface area (Å²) in [6.07, 6.45) is -2.68. The molecule has 1 aliphatic rings. The zero-order valence-electron chi connectivity index (χ0n) is 16.7. The van der Waals surface area contributed by atoms with Crippen LogP contribution in [0, 0.1) is 10.1 Å². The summed E-state index contributed by atoms with van der Waals surface area (Å²) < 4.78 is 22.2. The van der Waals surface area contributed by atoms with Gasteiger partial charge in [-0.05, 0) is 5.56 Å². The number of nitro benzene ring substituents is 1. The molecule has 4 rings (SSSR count). The number of ether oxygens (including phenoxy) is 1. The molecule has 4 atom stereocenters. The van der Waals surface area contributed by atoms with Crippen LogP contribution < -0.4 is 5.32 Å². The molecular weight excluding hydrogens is 463 g/mol. The molecule has 2 aromatic heterocycles. The first-order chi connectivity index (χ1) is 15.6. The number of imidazole rings is 1. The molecule has 3 heterocycles. The zero-order chi connectivity index (χ0) is 23.8. The smallest absolute Gasteiger partial charge is 0.387 e. The maximum Gasteiger partial charge on any atom is 0.469 e. The lowest BCUT2D eigenvalue weighted by Crippen LogP contribution is -2.33. The van der Waals surface area contributed by atoms with Crippen LogP contribution >= 0.6 is 7.82 Å². The van der Waals surface area contributed by atoms with Crippen LogP contribution in [0.5, 0.6) is 0 Å². The number of hydrogen-bond donors (Lipinski definition) is 5. The summed E-state index contributed by atoms with van der Waals surface area (Å²) in [7, 11) is -4.79. The predicted octanol–water partition coefficient (Wildman–Crippen LogP) is 0.0751. The second kappa shape index (κ2) is 9.07. The molecule has 16 heteroatoms. The first-order valence-corrected chi connectivity index (χ1v) is 11.0. The highest BCUT2D eigenvalue weighted by Crippen LogP contribution is 2.39. The molecule has 4 unspecified atom stereocenters. The monoisotopic (exact) mass is 482 g/mol. The van der Waals surface area contributed by atoms with E-state index in [0.717, 1.165) is 5.56 Å². The van der Waals surface area contributed by atoms with Gasteiger partial charge in [-0.15, -0.1) is 0 Å². The summed E-state index contributed by atoms with van der Waals surface area (Å²) in [6.45, 7) is -0.345. The lowest BCUT2D eigenvalue weighted by atomic mass is 10.1. The minimum Gasteiger partial charge on any atom is -0.387 e. The van der Waals surface area contributed by atoms with Gasteiger partial charge < -0.3 is 30.1 Å². The van der Waals surface area contributed by atoms with E-state index in [2.05, 4.69) is 24.8 Å². The number of aliphatic hydroxyl groups is 2. The Morgan fingerprint density at radius 1 is 1.18 bits per heavy atom. The SMILES string of the molecule is O=[N+]([O-])c1ccc(CNc2ncnc3c2ncn3C2OC(COP(=O)(O)O)C(O)C2O)cc1. The van der Waals surface area contributed by atoms with E-state index in [-0.39, 0.29) is 11.3 Å². The third-order valence-corrected chi connectivity index (χ3v) is 5.47. The summed E-state index contributed by atoms with van der Waals surface area (Å²) >= 11 is 0. The highest BCUT2D eigenvalue weighted by atomic mass is 31.2. The topological polar surface area (TPSA) is 215 Å². The second-order valence-corrected chi connectivity index (χ2v) is 8.40. The molecule has 33 heavy (non-hydrogen) atoms. The van der Waals surface area contributed by atoms with Gasteiger partial charge in [0, 0.05) is 18.7 Å². The number of anilines is 1. The van der Waals surface area contributed by atoms with E-state index in [9.17, 15) is 24.9 Å². The van der Waals surface area contributed by atoms with Crippen molar-refractivity contribution in [3.63, 3.8) is 0 Å². The van der Waals surface area contributed by atoms with Crippen molar-refractivity contribution in [2.45, 2.75) is 31.1 Å². The van der Waals surface area contributed by atoms with Crippen LogP contribution in [0.4, 0.5) is 11.5 Å². The van der Waals surface area contributed by atoms with Crippen LogP contribution in [0.25, 0.3) is 11.2 Å². The molecule has 3 aromatic rings. The van der Waals surface area contributed by atoms with Crippen LogP contribution in [-0.2, 0) is 20.4 Å². The standard InChI is InChI=1S/C17H19N6O9P/c24-13-11(6-31-33(28,29)30)32-17(14(13)25)22-8-21-12-15(19-7-20-16(12)22)18-5-9-1-3-10(4-2-9)23(26)27/h1-4,7-8,11,13-14,17,24-25H,5-6H2,(H,18,19,20)(H2,28,29,30). The van der Waals surface area contributed by atoms with Crippen molar-refractivity contribution < 1.29 is 38.7 Å². The first kappa shape index (κ1) is 23.1. The van der Waals surface area contributed by atoms with Gasteiger partial charge in [-0.3, -0.25) is 19.2 Å². The van der Waals surface area contributed by atoms with E-state index < -0.39 is 43.9 Å². The normalized spacial score (nSPS) is 23.2. The number of benzene rings is 1. The quantitative estimate of drug-likeness (QED) is 0.163. The number of hydrogen-bond acceptors (Lipinski definition) is 11. The highest BCUT2D eigenvalue weighted by molar-refractivity contribution is 7.46. The Bertz CT molecular complexity index is 1200. The molecule has 1 aliphatic heterocycles. The molecule has 1 aromatic carbocycles. The summed E-state index contributed by atoms with van der Waals surface area (Å²) in [5.41, 5.74) is 1.34. The van der Waals surface area contributed by atoms with Crippen molar-refractivity contribution in [3.8, 4) is 0 Å². The van der Waals surface area contributed by atoms with Crippen LogP contribution in [0.15, 0.2) is 36.9 Å². The Kier molecular flexibility index (Phi) is 6.36. The van der Waals surface area contributed by atoms with E-state index in [0.29, 0.717) is 17.9 Å². The van der Waals surface area contributed by atoms with Crippen molar-refractivity contribution in [2.75, 3.05) is 11.9 Å². The molecule has 15 nitrogen and oxygen atoms in total. The summed E-state index contributed by atoms with van der Waals surface area (Å²) in [5.74, 6) is 0.353. The number of phosphoric acid groups is 1. The molecule has 1 fully saturated rings. The number of non-ortho nitro benzene ring substituents is 1. The fourth-order valence-electron chi connectivity index (χ4n) is 3.36. The van der Waals surface area contributed by atoms with Crippen molar-refractivity contribution in [1.82, 2.24) is 19.5 Å². The Morgan fingerprint density at radius 3 is 2.58 bits per heavy atom. The largest absolute Gasteiger partial charge is 0.469 e. The van der Waals surface area contributed by atoms with Crippen molar-refractivity contribution in [3.05, 3.63) is 52.6 Å². The van der Waals surface area contributed by atoms with Gasteiger partial charge in [0.15, 0.2) is 23.2 Å². The van der Waals surface area contributed by atoms with Gasteiger partial charge >= 0.3 is 7.82 Å². The number of nitro groups is 1. The number of aliphatic hydroxyl groups excluding tert-OH is 2. The van der Waals surface area contributed by atoms with Gasteiger partial charge in [-0.1, -0.05) is 12.1 Å². The fraction of sp³-hybridized carbons (Fsp3) is 0.353. The first-order valence-electron chi connectivity index (χ1n) is 9.50. The number of fused-ring (bicyclic) bond motifs is 1. The van der Waals surface area contributed by atoms with Crippen LogP contribution in [-0.4, -0.2) is 69.4 Å². The van der Waals surface area contributed by atoms with Crippen LogP contribution in [0.1, 0.15) is 11.8 Å². The lowest BCUT2D eigenvalue weighted by Gasteiger charge is -2.16. The minimum atomic E-state index is -4.79. The predicted molar refractivity (Wildman–Crippen MR) is 110 cm³/mol. The maximum atomic E-state index is 10.9. The second-order valence-electron chi connectivity index (χ2n) is 7.16. The Labute approximate surface area is 185 Å². The summed E-state index contributed by atoms with van der Waals surface area (Å²) in [6, 6.07) is 5.98. The Balaban J connectivity index is 1.51. The maximum absolute atomic E-state index is 10.9. The van der Waals surface area contributed by atoms with Gasteiger partial charge in [0.05, 0.1) is 17.9 Å². The number of phosphoric ester groups is 1. The average molecular weight is 482 g/mol. The van der Waals surface area contributed by atoms with Crippen LogP contribution in [0.3, 0.4) is 0 Å². The van der Waals surface area contributed by atoms with Gasteiger partial charge in [-0.2, -0.15) is 0 Å². The van der Waals surface area contributed by atoms with E-state index in [4.69, 9.17) is 14.5 Å². The molecule has 0 saturated carbocycles. The van der Waals surface area contributed by atoms with Crippen LogP contribution in [0.2, 0.25) is 0 Å².